The highest BCUT2D eigenvalue weighted by atomic mass is 128. The molecule has 64 valence electrons. The van der Waals surface area contributed by atoms with Crippen LogP contribution in [0.3, 0.4) is 0 Å². The highest BCUT2D eigenvalue weighted by molar-refractivity contribution is 15.0. The maximum absolute atomic E-state index is 2.28. The molecule has 0 atom stereocenters. The predicted octanol–water partition coefficient (Wildman–Crippen LogP) is 4.85. The van der Waals surface area contributed by atoms with E-state index in [-0.39, 0.29) is 0 Å². The van der Waals surface area contributed by atoms with Gasteiger partial charge < -0.3 is 0 Å². The molecule has 0 bridgehead atoms. The molecule has 0 aromatic rings. The largest absolute Gasteiger partial charge is 0.0628 e. The Labute approximate surface area is 88.9 Å². The molecular formula is C8H18I2. The van der Waals surface area contributed by atoms with Crippen molar-refractivity contribution in [1.29, 1.82) is 0 Å². The van der Waals surface area contributed by atoms with Crippen molar-refractivity contribution in [3.05, 3.63) is 0 Å². The molecule has 0 rings (SSSR count). The van der Waals surface area contributed by atoms with Crippen LogP contribution < -0.4 is 0 Å². The molecule has 0 aliphatic carbocycles. The topological polar surface area (TPSA) is 0 Å². The Hall–Kier alpha value is 1.46. The molecule has 0 fully saturated rings. The van der Waals surface area contributed by atoms with Crippen LogP contribution >= 0.6 is 37.2 Å². The molecule has 0 N–H and O–H groups in total. The van der Waals surface area contributed by atoms with Crippen molar-refractivity contribution < 1.29 is 0 Å². The van der Waals surface area contributed by atoms with Crippen LogP contribution in [0.25, 0.3) is 0 Å². The van der Waals surface area contributed by atoms with Gasteiger partial charge in [0, 0.05) is 37.2 Å². The lowest BCUT2D eigenvalue weighted by Crippen LogP contribution is -2.08. The summed E-state index contributed by atoms with van der Waals surface area (Å²) in [6.07, 6.45) is 1.33. The van der Waals surface area contributed by atoms with Gasteiger partial charge in [-0.3, -0.25) is 0 Å². The summed E-state index contributed by atoms with van der Waals surface area (Å²) < 4.78 is 0. The van der Waals surface area contributed by atoms with Crippen LogP contribution in [0.15, 0.2) is 0 Å². The third-order valence-electron chi connectivity index (χ3n) is 1.02. The second-order valence-corrected chi connectivity index (χ2v) is 4.16. The van der Waals surface area contributed by atoms with E-state index < -0.39 is 0 Å². The molecule has 0 saturated carbocycles. The van der Waals surface area contributed by atoms with Crippen LogP contribution in [0.5, 0.6) is 0 Å². The summed E-state index contributed by atoms with van der Waals surface area (Å²) in [5.41, 5.74) is 0.522. The van der Waals surface area contributed by atoms with Gasteiger partial charge in [-0.15, -0.1) is 0 Å². The van der Waals surface area contributed by atoms with Gasteiger partial charge in [-0.1, -0.05) is 34.6 Å². The third-order valence-corrected chi connectivity index (χ3v) is 1.02. The van der Waals surface area contributed by atoms with E-state index in [1.807, 2.05) is 0 Å². The average Bonchev–Trinajstić information content (AvgIpc) is 1.64. The Morgan fingerprint density at radius 2 is 1.40 bits per heavy atom. The molecule has 0 aromatic heterocycles. The summed E-state index contributed by atoms with van der Waals surface area (Å²) in [5.74, 6) is 0.843. The van der Waals surface area contributed by atoms with Gasteiger partial charge in [-0.05, 0) is 17.8 Å². The van der Waals surface area contributed by atoms with Gasteiger partial charge in [0.1, 0.15) is 0 Å². The van der Waals surface area contributed by atoms with Crippen LogP contribution in [0.2, 0.25) is 0 Å². The Balaban J connectivity index is 0. The van der Waals surface area contributed by atoms with Gasteiger partial charge in [-0.2, -0.15) is 0 Å². The van der Waals surface area contributed by atoms with E-state index in [0.29, 0.717) is 5.41 Å². The fourth-order valence-corrected chi connectivity index (χ4v) is 1.22. The minimum Gasteiger partial charge on any atom is -0.0628 e. The van der Waals surface area contributed by atoms with Crippen molar-refractivity contribution in [1.82, 2.24) is 0 Å². The summed E-state index contributed by atoms with van der Waals surface area (Å²) in [4.78, 5) is 0. The van der Waals surface area contributed by atoms with Crippen LogP contribution in [0.4, 0.5) is 0 Å². The van der Waals surface area contributed by atoms with Crippen molar-refractivity contribution in [3.63, 3.8) is 0 Å². The molecule has 0 aliphatic rings. The Kier molecular flexibility index (Phi) is 9.99. The number of hydrogen-bond donors (Lipinski definition) is 0. The lowest BCUT2D eigenvalue weighted by atomic mass is 9.86. The van der Waals surface area contributed by atoms with E-state index in [4.69, 9.17) is 0 Å². The molecule has 0 nitrogen and oxygen atoms in total. The van der Waals surface area contributed by atoms with Crippen molar-refractivity contribution >= 4 is 37.2 Å². The van der Waals surface area contributed by atoms with E-state index in [1.165, 1.54) is 6.42 Å². The highest BCUT2D eigenvalue weighted by Crippen LogP contribution is 2.23. The van der Waals surface area contributed by atoms with Crippen molar-refractivity contribution in [2.45, 2.75) is 41.0 Å². The van der Waals surface area contributed by atoms with Crippen LogP contribution in [-0.4, -0.2) is 0 Å². The number of halogens is 2. The molecule has 0 unspecified atom stereocenters. The third kappa shape index (κ3) is 16.2. The highest BCUT2D eigenvalue weighted by Gasteiger charge is 2.11. The molecule has 0 heterocycles. The zero-order chi connectivity index (χ0) is 8.78. The molecule has 0 aromatic carbocycles. The van der Waals surface area contributed by atoms with Gasteiger partial charge in [0.25, 0.3) is 0 Å². The van der Waals surface area contributed by atoms with Crippen molar-refractivity contribution in [2.75, 3.05) is 0 Å². The first kappa shape index (κ1) is 14.0. The zero-order valence-corrected chi connectivity index (χ0v) is 11.9. The monoisotopic (exact) mass is 368 g/mol. The van der Waals surface area contributed by atoms with E-state index in [1.54, 1.807) is 0 Å². The zero-order valence-electron chi connectivity index (χ0n) is 7.54. The summed E-state index contributed by atoms with van der Waals surface area (Å²) in [5, 5.41) is 0. The summed E-state index contributed by atoms with van der Waals surface area (Å²) in [6.45, 7) is 11.4. The maximum atomic E-state index is 2.28. The van der Waals surface area contributed by atoms with Gasteiger partial charge in [0.2, 0.25) is 0 Å². The van der Waals surface area contributed by atoms with Gasteiger partial charge >= 0.3 is 0 Å². The number of rotatable bonds is 1. The lowest BCUT2D eigenvalue weighted by Gasteiger charge is -2.19. The smallest absolute Gasteiger partial charge is 0 e. The van der Waals surface area contributed by atoms with E-state index in [2.05, 4.69) is 71.9 Å². The molecule has 0 aliphatic heterocycles. The SMILES string of the molecule is CC(C)CC(C)(C)C.II. The normalized spacial score (nSPS) is 10.8. The fourth-order valence-electron chi connectivity index (χ4n) is 1.22. The van der Waals surface area contributed by atoms with E-state index >= 15 is 0 Å². The van der Waals surface area contributed by atoms with Crippen LogP contribution in [0.1, 0.15) is 41.0 Å². The number of hydrogen-bond acceptors (Lipinski definition) is 0. The predicted molar refractivity (Wildman–Crippen MR) is 67.0 cm³/mol. The lowest BCUT2D eigenvalue weighted by molar-refractivity contribution is 0.320. The first-order chi connectivity index (χ1) is 4.42. The van der Waals surface area contributed by atoms with Gasteiger partial charge in [0.15, 0.2) is 0 Å². The minimum atomic E-state index is 0.522. The van der Waals surface area contributed by atoms with Crippen molar-refractivity contribution in [3.8, 4) is 0 Å². The maximum Gasteiger partial charge on any atom is 0 e. The second-order valence-electron chi connectivity index (χ2n) is 4.16. The summed E-state index contributed by atoms with van der Waals surface area (Å²) in [7, 11) is 0. The Bertz CT molecular complexity index is 62.1. The summed E-state index contributed by atoms with van der Waals surface area (Å²) >= 11 is 4.24. The van der Waals surface area contributed by atoms with Crippen molar-refractivity contribution in [2.24, 2.45) is 11.3 Å². The molecule has 0 spiro atoms. The van der Waals surface area contributed by atoms with E-state index in [9.17, 15) is 0 Å². The first-order valence-corrected chi connectivity index (χ1v) is 9.85. The quantitative estimate of drug-likeness (QED) is 0.581. The first-order valence-electron chi connectivity index (χ1n) is 3.56. The standard InChI is InChI=1S/C8H18.I2/c1-7(2)6-8(3,4)5;1-2/h7H,6H2,1-5H3;. The fraction of sp³-hybridized carbons (Fsp3) is 1.00. The van der Waals surface area contributed by atoms with E-state index in [0.717, 1.165) is 5.92 Å². The van der Waals surface area contributed by atoms with Crippen LogP contribution in [0, 0.1) is 11.3 Å². The Morgan fingerprint density at radius 1 is 1.10 bits per heavy atom. The minimum absolute atomic E-state index is 0.522. The molecule has 0 radical (unpaired) electrons. The molecule has 0 amide bonds. The molecule has 2 heteroatoms. The second kappa shape index (κ2) is 7.13. The average molecular weight is 368 g/mol. The Morgan fingerprint density at radius 3 is 1.40 bits per heavy atom. The van der Waals surface area contributed by atoms with Gasteiger partial charge in [0.05, 0.1) is 0 Å². The molecular weight excluding hydrogens is 350 g/mol. The molecule has 10 heavy (non-hydrogen) atoms. The van der Waals surface area contributed by atoms with Gasteiger partial charge in [-0.25, -0.2) is 0 Å². The molecule has 0 saturated heterocycles. The summed E-state index contributed by atoms with van der Waals surface area (Å²) in [6, 6.07) is 0. The van der Waals surface area contributed by atoms with Crippen LogP contribution in [-0.2, 0) is 0 Å².